The third-order valence-electron chi connectivity index (χ3n) is 6.40. The molecule has 0 bridgehead atoms. The SMILES string of the molecule is CC(C)[C@]1(C#N)CCN(c2ccnc(Nc3ccc(C(=O)OC(C)(C)C)c(C4CC4)c3)n2)C1=O. The fraction of sp³-hybridized carbons (Fsp3) is 0.500. The van der Waals surface area contributed by atoms with E-state index in [0.29, 0.717) is 36.2 Å². The van der Waals surface area contributed by atoms with Crippen LogP contribution in [-0.4, -0.2) is 34.0 Å². The van der Waals surface area contributed by atoms with Gasteiger partial charge in [-0.05, 0) is 81.7 Å². The Morgan fingerprint density at radius 2 is 2.03 bits per heavy atom. The van der Waals surface area contributed by atoms with Gasteiger partial charge in [0.05, 0.1) is 11.6 Å². The molecular formula is C26H31N5O3. The van der Waals surface area contributed by atoms with Crippen LogP contribution in [0.4, 0.5) is 17.5 Å². The van der Waals surface area contributed by atoms with Crippen molar-refractivity contribution >= 4 is 29.3 Å². The summed E-state index contributed by atoms with van der Waals surface area (Å²) in [6.45, 7) is 9.81. The van der Waals surface area contributed by atoms with Gasteiger partial charge in [-0.2, -0.15) is 10.2 Å². The number of carbonyl (C=O) groups is 2. The summed E-state index contributed by atoms with van der Waals surface area (Å²) in [4.78, 5) is 36.2. The summed E-state index contributed by atoms with van der Waals surface area (Å²) in [5.74, 6) is 0.530. The predicted octanol–water partition coefficient (Wildman–Crippen LogP) is 4.96. The topological polar surface area (TPSA) is 108 Å². The fourth-order valence-corrected chi connectivity index (χ4v) is 4.30. The van der Waals surface area contributed by atoms with E-state index in [1.165, 1.54) is 0 Å². The summed E-state index contributed by atoms with van der Waals surface area (Å²) in [6.07, 6.45) is 4.15. The first-order chi connectivity index (χ1) is 16.0. The lowest BCUT2D eigenvalue weighted by Crippen LogP contribution is -2.37. The molecule has 2 aliphatic rings. The molecule has 1 N–H and O–H groups in total. The Kier molecular flexibility index (Phi) is 6.07. The van der Waals surface area contributed by atoms with Gasteiger partial charge in [-0.15, -0.1) is 0 Å². The van der Waals surface area contributed by atoms with E-state index in [1.807, 2.05) is 46.8 Å². The highest BCUT2D eigenvalue weighted by Gasteiger charge is 2.50. The number of anilines is 3. The molecular weight excluding hydrogens is 430 g/mol. The number of esters is 1. The number of hydrogen-bond acceptors (Lipinski definition) is 7. The number of ether oxygens (including phenoxy) is 1. The quantitative estimate of drug-likeness (QED) is 0.606. The Morgan fingerprint density at radius 3 is 2.62 bits per heavy atom. The molecule has 178 valence electrons. The van der Waals surface area contributed by atoms with Crippen molar-refractivity contribution < 1.29 is 14.3 Å². The molecule has 1 aliphatic heterocycles. The largest absolute Gasteiger partial charge is 0.456 e. The second kappa shape index (κ2) is 8.71. The average Bonchev–Trinajstić information content (AvgIpc) is 3.55. The van der Waals surface area contributed by atoms with Gasteiger partial charge in [-0.1, -0.05) is 13.8 Å². The summed E-state index contributed by atoms with van der Waals surface area (Å²) in [5.41, 5.74) is 0.722. The Hall–Kier alpha value is -3.47. The number of rotatable bonds is 6. The van der Waals surface area contributed by atoms with Crippen LogP contribution in [0.25, 0.3) is 0 Å². The standard InChI is InChI=1S/C26H31N5O3/c1-16(2)26(15-27)11-13-31(23(26)33)21-10-12-28-24(30-21)29-18-8-9-19(20(14-18)17-6-7-17)22(32)34-25(3,4)5/h8-10,12,14,16-17H,6-7,11,13H2,1-5H3,(H,28,29,30)/t26-/m1/s1. The summed E-state index contributed by atoms with van der Waals surface area (Å²) in [6, 6.07) is 9.46. The van der Waals surface area contributed by atoms with Gasteiger partial charge in [0, 0.05) is 18.4 Å². The number of carbonyl (C=O) groups excluding carboxylic acids is 2. The minimum Gasteiger partial charge on any atom is -0.456 e. The summed E-state index contributed by atoms with van der Waals surface area (Å²) < 4.78 is 5.58. The van der Waals surface area contributed by atoms with Crippen LogP contribution in [0.5, 0.6) is 0 Å². The summed E-state index contributed by atoms with van der Waals surface area (Å²) in [5, 5.41) is 12.9. The first-order valence-electron chi connectivity index (χ1n) is 11.7. The summed E-state index contributed by atoms with van der Waals surface area (Å²) in [7, 11) is 0. The predicted molar refractivity (Wildman–Crippen MR) is 129 cm³/mol. The maximum absolute atomic E-state index is 13.1. The molecule has 8 heteroatoms. The van der Waals surface area contributed by atoms with E-state index in [2.05, 4.69) is 21.4 Å². The average molecular weight is 462 g/mol. The molecule has 2 heterocycles. The van der Waals surface area contributed by atoms with Crippen LogP contribution in [-0.2, 0) is 9.53 Å². The molecule has 1 amide bonds. The lowest BCUT2D eigenvalue weighted by Gasteiger charge is -2.24. The minimum atomic E-state index is -1.02. The van der Waals surface area contributed by atoms with Gasteiger partial charge in [0.1, 0.15) is 16.8 Å². The zero-order valence-electron chi connectivity index (χ0n) is 20.4. The van der Waals surface area contributed by atoms with Gasteiger partial charge in [0.2, 0.25) is 11.9 Å². The molecule has 0 spiro atoms. The number of amides is 1. The van der Waals surface area contributed by atoms with Crippen LogP contribution in [0.15, 0.2) is 30.5 Å². The number of benzene rings is 1. The van der Waals surface area contributed by atoms with Gasteiger partial charge in [0.25, 0.3) is 0 Å². The number of hydrogen-bond donors (Lipinski definition) is 1. The van der Waals surface area contributed by atoms with Crippen LogP contribution < -0.4 is 10.2 Å². The minimum absolute atomic E-state index is 0.0845. The van der Waals surface area contributed by atoms with Gasteiger partial charge >= 0.3 is 5.97 Å². The Labute approximate surface area is 200 Å². The van der Waals surface area contributed by atoms with E-state index >= 15 is 0 Å². The van der Waals surface area contributed by atoms with Gasteiger partial charge in [0.15, 0.2) is 0 Å². The van der Waals surface area contributed by atoms with Gasteiger partial charge < -0.3 is 10.1 Å². The molecule has 34 heavy (non-hydrogen) atoms. The lowest BCUT2D eigenvalue weighted by atomic mass is 9.77. The maximum Gasteiger partial charge on any atom is 0.338 e. The van der Waals surface area contributed by atoms with Crippen LogP contribution >= 0.6 is 0 Å². The fourth-order valence-electron chi connectivity index (χ4n) is 4.30. The van der Waals surface area contributed by atoms with Crippen molar-refractivity contribution in [2.45, 2.75) is 65.4 Å². The first-order valence-corrected chi connectivity index (χ1v) is 11.7. The molecule has 2 aromatic rings. The Bertz CT molecular complexity index is 1160. The molecule has 1 atom stereocenters. The van der Waals surface area contributed by atoms with Crippen LogP contribution in [0, 0.1) is 22.7 Å². The third-order valence-corrected chi connectivity index (χ3v) is 6.40. The van der Waals surface area contributed by atoms with Crippen molar-refractivity contribution in [1.82, 2.24) is 9.97 Å². The monoisotopic (exact) mass is 461 g/mol. The van der Waals surface area contributed by atoms with E-state index < -0.39 is 11.0 Å². The molecule has 2 fully saturated rings. The second-order valence-electron chi connectivity index (χ2n) is 10.4. The number of nitrogens with zero attached hydrogens (tertiary/aromatic N) is 4. The van der Waals surface area contributed by atoms with Crippen LogP contribution in [0.3, 0.4) is 0 Å². The highest BCUT2D eigenvalue weighted by molar-refractivity contribution is 6.01. The van der Waals surface area contributed by atoms with E-state index in [1.54, 1.807) is 23.2 Å². The highest BCUT2D eigenvalue weighted by Crippen LogP contribution is 2.43. The molecule has 1 aromatic carbocycles. The van der Waals surface area contributed by atoms with Crippen LogP contribution in [0.2, 0.25) is 0 Å². The van der Waals surface area contributed by atoms with Crippen molar-refractivity contribution in [2.24, 2.45) is 11.3 Å². The van der Waals surface area contributed by atoms with Gasteiger partial charge in [-0.25, -0.2) is 9.78 Å². The zero-order valence-corrected chi connectivity index (χ0v) is 20.4. The van der Waals surface area contributed by atoms with E-state index in [9.17, 15) is 14.9 Å². The van der Waals surface area contributed by atoms with E-state index in [0.717, 1.165) is 24.1 Å². The Morgan fingerprint density at radius 1 is 1.29 bits per heavy atom. The number of aromatic nitrogens is 2. The van der Waals surface area contributed by atoms with Gasteiger partial charge in [-0.3, -0.25) is 9.69 Å². The normalized spacial score (nSPS) is 20.4. The number of nitrogens with one attached hydrogen (secondary N) is 1. The Balaban J connectivity index is 1.56. The van der Waals surface area contributed by atoms with Crippen LogP contribution in [0.1, 0.15) is 75.7 Å². The smallest absolute Gasteiger partial charge is 0.338 e. The maximum atomic E-state index is 13.1. The molecule has 0 radical (unpaired) electrons. The summed E-state index contributed by atoms with van der Waals surface area (Å²) >= 11 is 0. The van der Waals surface area contributed by atoms with Crippen molar-refractivity contribution in [3.8, 4) is 6.07 Å². The van der Waals surface area contributed by atoms with Crippen molar-refractivity contribution in [3.63, 3.8) is 0 Å². The number of nitriles is 1. The van der Waals surface area contributed by atoms with E-state index in [4.69, 9.17) is 4.74 Å². The third kappa shape index (κ3) is 4.60. The molecule has 1 aliphatic carbocycles. The van der Waals surface area contributed by atoms with Crippen molar-refractivity contribution in [2.75, 3.05) is 16.8 Å². The molecule has 8 nitrogen and oxygen atoms in total. The van der Waals surface area contributed by atoms with E-state index in [-0.39, 0.29) is 17.8 Å². The molecule has 4 rings (SSSR count). The molecule has 1 saturated heterocycles. The second-order valence-corrected chi connectivity index (χ2v) is 10.4. The molecule has 1 aromatic heterocycles. The zero-order chi connectivity index (χ0) is 24.7. The molecule has 1 saturated carbocycles. The lowest BCUT2D eigenvalue weighted by molar-refractivity contribution is -0.124. The van der Waals surface area contributed by atoms with Crippen molar-refractivity contribution in [1.29, 1.82) is 5.26 Å². The van der Waals surface area contributed by atoms with Crippen molar-refractivity contribution in [3.05, 3.63) is 41.6 Å². The first kappa shape index (κ1) is 23.7. The molecule has 0 unspecified atom stereocenters. The highest BCUT2D eigenvalue weighted by atomic mass is 16.6.